The van der Waals surface area contributed by atoms with Crippen LogP contribution < -0.4 is 0 Å². The maximum Gasteiger partial charge on any atom is 0.415 e. The second-order valence-corrected chi connectivity index (χ2v) is 15.6. The Labute approximate surface area is 361 Å². The highest BCUT2D eigenvalue weighted by atomic mass is 16.6. The summed E-state index contributed by atoms with van der Waals surface area (Å²) >= 11 is 0. The van der Waals surface area contributed by atoms with E-state index in [0.717, 1.165) is 0 Å². The van der Waals surface area contributed by atoms with E-state index >= 15 is 0 Å². The largest absolute Gasteiger partial charge is 0.458 e. The highest BCUT2D eigenvalue weighted by molar-refractivity contribution is 5.90. The predicted octanol–water partition coefficient (Wildman–Crippen LogP) is 2.47. The molecule has 21 nitrogen and oxygen atoms in total. The molecule has 6 aliphatic rings. The molecule has 6 rings (SSSR count). The van der Waals surface area contributed by atoms with Crippen molar-refractivity contribution in [3.05, 3.63) is 59.3 Å². The van der Waals surface area contributed by atoms with Gasteiger partial charge >= 0.3 is 65.2 Å². The monoisotopic (exact) mass is 879 g/mol. The van der Waals surface area contributed by atoms with Crippen LogP contribution in [0.4, 0.5) is 0 Å². The molecular weight excluding hydrogens is 834 g/mol. The minimum Gasteiger partial charge on any atom is -0.458 e. The lowest BCUT2D eigenvalue weighted by Crippen LogP contribution is -2.46. The number of hydrogen-bond acceptors (Lipinski definition) is 19. The molecule has 6 fully saturated rings. The van der Waals surface area contributed by atoms with E-state index in [1.165, 1.54) is 20.8 Å². The number of carbonyl (C=O) groups is 9. The molecule has 0 amide bonds. The maximum absolute atomic E-state index is 11.7. The highest BCUT2D eigenvalue weighted by Gasteiger charge is 2.64. The Morgan fingerprint density at radius 3 is 1.81 bits per heavy atom. The fourth-order valence-electron chi connectivity index (χ4n) is 7.38. The first kappa shape index (κ1) is 48.6. The van der Waals surface area contributed by atoms with Gasteiger partial charge in [-0.1, -0.05) is 19.7 Å². The topological polar surface area (TPSA) is 269 Å². The van der Waals surface area contributed by atoms with Crippen molar-refractivity contribution < 1.29 is 85.8 Å². The molecule has 3 aliphatic heterocycles. The molecule has 3 saturated carbocycles. The van der Waals surface area contributed by atoms with Gasteiger partial charge in [-0.3, -0.25) is 24.1 Å². The number of esters is 9. The zero-order chi connectivity index (χ0) is 46.8. The van der Waals surface area contributed by atoms with Gasteiger partial charge < -0.3 is 42.6 Å². The van der Waals surface area contributed by atoms with Crippen LogP contribution in [0.15, 0.2) is 36.5 Å². The fourth-order valence-corrected chi connectivity index (χ4v) is 7.38. The summed E-state index contributed by atoms with van der Waals surface area (Å²) in [5, 5.41) is 9.11. The van der Waals surface area contributed by atoms with Crippen LogP contribution in [0.1, 0.15) is 72.1 Å². The van der Waals surface area contributed by atoms with Crippen LogP contribution >= 0.6 is 0 Å². The summed E-state index contributed by atoms with van der Waals surface area (Å²) in [6, 6.07) is 2.03. The van der Waals surface area contributed by atoms with E-state index in [1.54, 1.807) is 0 Å². The van der Waals surface area contributed by atoms with E-state index < -0.39 is 103 Å². The van der Waals surface area contributed by atoms with Gasteiger partial charge in [-0.05, 0) is 46.5 Å². The normalized spacial score (nSPS) is 30.0. The molecule has 3 saturated heterocycles. The van der Waals surface area contributed by atoms with E-state index in [4.69, 9.17) is 46.8 Å². The van der Waals surface area contributed by atoms with Gasteiger partial charge in [0.05, 0.1) is 42.6 Å². The Morgan fingerprint density at radius 2 is 1.27 bits per heavy atom. The van der Waals surface area contributed by atoms with Crippen LogP contribution in [-0.4, -0.2) is 109 Å². The molecule has 63 heavy (non-hydrogen) atoms. The average Bonchev–Trinajstić information content (AvgIpc) is 3.84. The van der Waals surface area contributed by atoms with Crippen molar-refractivity contribution in [2.75, 3.05) is 19.8 Å². The smallest absolute Gasteiger partial charge is 0.415 e. The second kappa shape index (κ2) is 20.7. The first-order valence-corrected chi connectivity index (χ1v) is 19.6. The summed E-state index contributed by atoms with van der Waals surface area (Å²) in [5.74, 6) is -7.03. The molecule has 0 aromatic heterocycles. The molecule has 0 aromatic rings. The van der Waals surface area contributed by atoms with Crippen molar-refractivity contribution in [1.29, 1.82) is 5.26 Å². The summed E-state index contributed by atoms with van der Waals surface area (Å²) in [4.78, 5) is 110. The Kier molecular flexibility index (Phi) is 15.9. The molecule has 10 unspecified atom stereocenters. The third-order valence-electron chi connectivity index (χ3n) is 10.7. The van der Waals surface area contributed by atoms with Crippen molar-refractivity contribution in [1.82, 2.24) is 0 Å². The number of fused-ring (bicyclic) bond motifs is 6. The zero-order valence-corrected chi connectivity index (χ0v) is 34.7. The van der Waals surface area contributed by atoms with Crippen LogP contribution in [0.2, 0.25) is 0 Å². The van der Waals surface area contributed by atoms with Crippen LogP contribution in [0.3, 0.4) is 0 Å². The van der Waals surface area contributed by atoms with Crippen molar-refractivity contribution in [3.8, 4) is 6.07 Å². The van der Waals surface area contributed by atoms with Crippen LogP contribution in [-0.2, 0) is 85.8 Å². The number of nitrogens with zero attached hydrogens (tertiary/aromatic N) is 3. The predicted molar refractivity (Wildman–Crippen MR) is 204 cm³/mol. The first-order valence-electron chi connectivity index (χ1n) is 19.6. The van der Waals surface area contributed by atoms with Gasteiger partial charge in [-0.15, -0.1) is 0 Å². The molecular formula is C42H45N3O18. The number of hydrogen-bond donors (Lipinski definition) is 0. The molecule has 21 heteroatoms. The van der Waals surface area contributed by atoms with Crippen molar-refractivity contribution in [2.45, 2.75) is 108 Å². The molecule has 10 atom stereocenters. The van der Waals surface area contributed by atoms with Gasteiger partial charge in [-0.25, -0.2) is 41.9 Å². The molecule has 3 heterocycles. The van der Waals surface area contributed by atoms with Crippen molar-refractivity contribution >= 4 is 53.7 Å². The van der Waals surface area contributed by atoms with E-state index in [-0.39, 0.29) is 59.3 Å². The van der Waals surface area contributed by atoms with Gasteiger partial charge in [0.1, 0.15) is 6.10 Å². The molecule has 3 aliphatic carbocycles. The number of rotatable bonds is 12. The van der Waals surface area contributed by atoms with Gasteiger partial charge in [0, 0.05) is 29.6 Å². The van der Waals surface area contributed by atoms with Crippen LogP contribution in [0.25, 0.3) is 9.69 Å². The van der Waals surface area contributed by atoms with E-state index in [2.05, 4.69) is 43.6 Å². The minimum atomic E-state index is -1.50. The standard InChI is InChI=1S/3C14H15NO6/c1-7(2)13(17)19-6-11(16)21-12-9(5-15)3-8-4-10(12)20-14(8)18;1-8(2)12(17)19-7-11(16)21-14(15-3)5-4-9-6-10(14)20-13(9)18;1-8(2)12(17)19-7-11(16)20-10-5-4-9-6-14(10,15-3)21-13(9)18/h8-10,12H,1,3-4,6H2,2H3;2*9-10H,1,4-7H2,2H3. The lowest BCUT2D eigenvalue weighted by Gasteiger charge is -2.29. The summed E-state index contributed by atoms with van der Waals surface area (Å²) in [6.45, 7) is 27.3. The molecule has 0 N–H and O–H groups in total. The maximum atomic E-state index is 11.7. The fraction of sp³-hybridized carbons (Fsp3) is 0.571. The quantitative estimate of drug-likeness (QED) is 0.118. The first-order chi connectivity index (χ1) is 29.7. The van der Waals surface area contributed by atoms with Gasteiger partial charge in [0.15, 0.2) is 25.9 Å². The average molecular weight is 880 g/mol. The molecule has 0 aromatic carbocycles. The summed E-state index contributed by atoms with van der Waals surface area (Å²) in [6.07, 6.45) is -0.0482. The minimum absolute atomic E-state index is 0.160. The number of ether oxygens (including phenoxy) is 9. The Hall–Kier alpha value is -7.08. The van der Waals surface area contributed by atoms with E-state index in [1.807, 2.05) is 6.07 Å². The number of carbonyl (C=O) groups excluding carboxylic acids is 9. The lowest BCUT2D eigenvalue weighted by molar-refractivity contribution is -0.178. The van der Waals surface area contributed by atoms with E-state index in [0.29, 0.717) is 38.5 Å². The van der Waals surface area contributed by atoms with Gasteiger partial charge in [0.2, 0.25) is 12.2 Å². The molecule has 0 radical (unpaired) electrons. The van der Waals surface area contributed by atoms with Crippen LogP contribution in [0.5, 0.6) is 0 Å². The van der Waals surface area contributed by atoms with Crippen molar-refractivity contribution in [2.24, 2.45) is 23.7 Å². The van der Waals surface area contributed by atoms with Crippen LogP contribution in [0, 0.1) is 48.1 Å². The molecule has 336 valence electrons. The Morgan fingerprint density at radius 1 is 0.714 bits per heavy atom. The Balaban J connectivity index is 0.000000207. The summed E-state index contributed by atoms with van der Waals surface area (Å²) < 4.78 is 44.8. The third kappa shape index (κ3) is 11.9. The summed E-state index contributed by atoms with van der Waals surface area (Å²) in [5.41, 5.74) is -2.43. The SMILES string of the molecule is C=C(C)C(=O)OCC(=O)OC1C(C#N)CC2CC1OC2=O.[C-]#[N+]C1(OC(=O)COC(=O)C(=C)C)CCC2CC1OC2=O.[C-]#[N+]C12CC(CCC1OC(=O)COC(=O)C(=C)C)C(=O)O2. The van der Waals surface area contributed by atoms with Crippen molar-refractivity contribution in [3.63, 3.8) is 0 Å². The highest BCUT2D eigenvalue weighted by Crippen LogP contribution is 2.46. The van der Waals surface area contributed by atoms with E-state index in [9.17, 15) is 43.2 Å². The summed E-state index contributed by atoms with van der Waals surface area (Å²) in [7, 11) is 0. The van der Waals surface area contributed by atoms with Gasteiger partial charge in [0.25, 0.3) is 0 Å². The van der Waals surface area contributed by atoms with Gasteiger partial charge in [-0.2, -0.15) is 5.26 Å². The zero-order valence-electron chi connectivity index (χ0n) is 34.7. The molecule has 6 bridgehead atoms. The second-order valence-electron chi connectivity index (χ2n) is 15.6. The molecule has 0 spiro atoms. The Bertz CT molecular complexity index is 2050. The lowest BCUT2D eigenvalue weighted by atomic mass is 9.80. The number of nitriles is 1. The third-order valence-corrected chi connectivity index (χ3v) is 10.7.